The molecule has 162 valence electrons. The van der Waals surface area contributed by atoms with Crippen molar-refractivity contribution >= 4 is 21.6 Å². The van der Waals surface area contributed by atoms with Crippen LogP contribution in [-0.4, -0.2) is 31.7 Å². The predicted molar refractivity (Wildman–Crippen MR) is 125 cm³/mol. The predicted octanol–water partition coefficient (Wildman–Crippen LogP) is 4.48. The van der Waals surface area contributed by atoms with Crippen LogP contribution in [0.15, 0.2) is 77.7 Å². The Labute approximate surface area is 184 Å². The molecule has 1 amide bonds. The van der Waals surface area contributed by atoms with Crippen molar-refractivity contribution in [1.29, 1.82) is 0 Å². The van der Waals surface area contributed by atoms with E-state index < -0.39 is 10.0 Å². The number of hydrogen-bond donors (Lipinski definition) is 1. The highest BCUT2D eigenvalue weighted by atomic mass is 32.2. The molecule has 0 bridgehead atoms. The van der Waals surface area contributed by atoms with Gasteiger partial charge >= 0.3 is 0 Å². The van der Waals surface area contributed by atoms with Gasteiger partial charge in [-0.05, 0) is 62.1 Å². The summed E-state index contributed by atoms with van der Waals surface area (Å²) in [6.45, 7) is 5.76. The van der Waals surface area contributed by atoms with Crippen molar-refractivity contribution in [3.05, 3.63) is 95.1 Å². The number of nitrogens with one attached hydrogen (secondary N) is 1. The number of carbonyl (C=O) groups excluding carboxylic acids is 1. The average Bonchev–Trinajstić information content (AvgIpc) is 2.75. The third-order valence-electron chi connectivity index (χ3n) is 5.35. The number of amides is 1. The number of anilines is 1. The average molecular weight is 437 g/mol. The first kappa shape index (κ1) is 22.7. The van der Waals surface area contributed by atoms with Crippen molar-refractivity contribution in [3.63, 3.8) is 0 Å². The molecule has 1 N–H and O–H groups in total. The van der Waals surface area contributed by atoms with Crippen molar-refractivity contribution in [2.45, 2.75) is 32.1 Å². The molecule has 0 aliphatic heterocycles. The number of carbonyl (C=O) groups is 1. The normalized spacial score (nSPS) is 11.5. The van der Waals surface area contributed by atoms with Crippen LogP contribution in [0, 0.1) is 20.8 Å². The van der Waals surface area contributed by atoms with E-state index in [1.807, 2.05) is 69.3 Å². The van der Waals surface area contributed by atoms with E-state index in [0.717, 1.165) is 22.3 Å². The molecule has 0 atom stereocenters. The summed E-state index contributed by atoms with van der Waals surface area (Å²) in [7, 11) is -3.82. The fraction of sp³-hybridized carbons (Fsp3) is 0.240. The zero-order valence-electron chi connectivity index (χ0n) is 18.1. The summed E-state index contributed by atoms with van der Waals surface area (Å²) in [6.07, 6.45) is 0.517. The van der Waals surface area contributed by atoms with Crippen LogP contribution < -0.4 is 5.32 Å². The van der Waals surface area contributed by atoms with Gasteiger partial charge in [-0.1, -0.05) is 60.2 Å². The molecule has 0 spiro atoms. The molecule has 3 rings (SSSR count). The lowest BCUT2D eigenvalue weighted by Crippen LogP contribution is -2.39. The molecule has 0 saturated heterocycles. The van der Waals surface area contributed by atoms with Crippen LogP contribution in [-0.2, 0) is 21.2 Å². The second-order valence-corrected chi connectivity index (χ2v) is 9.62. The lowest BCUT2D eigenvalue weighted by molar-refractivity contribution is -0.116. The molecule has 0 fully saturated rings. The lowest BCUT2D eigenvalue weighted by atomic mass is 10.1. The fourth-order valence-corrected chi connectivity index (χ4v) is 4.68. The van der Waals surface area contributed by atoms with Crippen molar-refractivity contribution < 1.29 is 13.2 Å². The third kappa shape index (κ3) is 5.81. The molecule has 0 aromatic heterocycles. The molecule has 0 unspecified atom stereocenters. The van der Waals surface area contributed by atoms with Gasteiger partial charge in [-0.25, -0.2) is 8.42 Å². The molecule has 5 nitrogen and oxygen atoms in total. The smallest absolute Gasteiger partial charge is 0.243 e. The molecule has 3 aromatic carbocycles. The van der Waals surface area contributed by atoms with E-state index in [9.17, 15) is 13.2 Å². The van der Waals surface area contributed by atoms with Gasteiger partial charge in [-0.15, -0.1) is 0 Å². The van der Waals surface area contributed by atoms with E-state index in [1.165, 1.54) is 4.31 Å². The van der Waals surface area contributed by atoms with Gasteiger partial charge in [0, 0.05) is 12.2 Å². The largest absolute Gasteiger partial charge is 0.325 e. The van der Waals surface area contributed by atoms with Gasteiger partial charge in [-0.2, -0.15) is 4.31 Å². The minimum atomic E-state index is -3.82. The third-order valence-corrected chi connectivity index (χ3v) is 7.21. The zero-order chi connectivity index (χ0) is 22.4. The van der Waals surface area contributed by atoms with E-state index in [4.69, 9.17) is 0 Å². The summed E-state index contributed by atoms with van der Waals surface area (Å²) in [6, 6.07) is 22.0. The minimum Gasteiger partial charge on any atom is -0.325 e. The number of rotatable bonds is 8. The SMILES string of the molecule is Cc1ccc(S(=O)(=O)N(CCc2ccccc2)CC(=O)Nc2cccc(C)c2C)cc1. The van der Waals surface area contributed by atoms with Crippen molar-refractivity contribution in [2.75, 3.05) is 18.4 Å². The maximum Gasteiger partial charge on any atom is 0.243 e. The van der Waals surface area contributed by atoms with Crippen LogP contribution in [0.4, 0.5) is 5.69 Å². The zero-order valence-corrected chi connectivity index (χ0v) is 18.9. The molecule has 0 aliphatic carbocycles. The second kappa shape index (κ2) is 9.90. The molecule has 31 heavy (non-hydrogen) atoms. The van der Waals surface area contributed by atoms with Crippen LogP contribution in [0.2, 0.25) is 0 Å². The van der Waals surface area contributed by atoms with Gasteiger partial charge in [0.25, 0.3) is 0 Å². The summed E-state index contributed by atoms with van der Waals surface area (Å²) in [5, 5.41) is 2.87. The van der Waals surface area contributed by atoms with Gasteiger partial charge in [0.05, 0.1) is 11.4 Å². The van der Waals surface area contributed by atoms with Crippen LogP contribution in [0.25, 0.3) is 0 Å². The summed E-state index contributed by atoms with van der Waals surface area (Å²) in [5.41, 5.74) is 4.71. The van der Waals surface area contributed by atoms with Crippen molar-refractivity contribution in [2.24, 2.45) is 0 Å². The fourth-order valence-electron chi connectivity index (χ4n) is 3.28. The lowest BCUT2D eigenvalue weighted by Gasteiger charge is -2.22. The Morgan fingerprint density at radius 3 is 2.23 bits per heavy atom. The van der Waals surface area contributed by atoms with Gasteiger partial charge in [0.1, 0.15) is 0 Å². The molecule has 0 saturated carbocycles. The number of sulfonamides is 1. The van der Waals surface area contributed by atoms with Crippen LogP contribution >= 0.6 is 0 Å². The van der Waals surface area contributed by atoms with E-state index in [-0.39, 0.29) is 23.9 Å². The van der Waals surface area contributed by atoms with Crippen molar-refractivity contribution in [3.8, 4) is 0 Å². The minimum absolute atomic E-state index is 0.186. The Kier molecular flexibility index (Phi) is 7.25. The number of aryl methyl sites for hydroxylation is 2. The van der Waals surface area contributed by atoms with Gasteiger partial charge in [0.2, 0.25) is 15.9 Å². The highest BCUT2D eigenvalue weighted by molar-refractivity contribution is 7.89. The van der Waals surface area contributed by atoms with Gasteiger partial charge in [0.15, 0.2) is 0 Å². The molecule has 0 aliphatic rings. The topological polar surface area (TPSA) is 66.5 Å². The Morgan fingerprint density at radius 2 is 1.55 bits per heavy atom. The van der Waals surface area contributed by atoms with E-state index >= 15 is 0 Å². The summed E-state index contributed by atoms with van der Waals surface area (Å²) in [4.78, 5) is 13.0. The first-order valence-corrected chi connectivity index (χ1v) is 11.7. The molecular weight excluding hydrogens is 408 g/mol. The first-order chi connectivity index (χ1) is 14.8. The Hall–Kier alpha value is -2.96. The van der Waals surface area contributed by atoms with Gasteiger partial charge < -0.3 is 5.32 Å². The molecular formula is C25H28N2O3S. The number of benzene rings is 3. The first-order valence-electron chi connectivity index (χ1n) is 10.2. The number of nitrogens with zero attached hydrogens (tertiary/aromatic N) is 1. The van der Waals surface area contributed by atoms with Crippen LogP contribution in [0.1, 0.15) is 22.3 Å². The Balaban J connectivity index is 1.83. The second-order valence-electron chi connectivity index (χ2n) is 7.68. The summed E-state index contributed by atoms with van der Waals surface area (Å²) >= 11 is 0. The quantitative estimate of drug-likeness (QED) is 0.566. The Morgan fingerprint density at radius 1 is 0.871 bits per heavy atom. The molecule has 3 aromatic rings. The van der Waals surface area contributed by atoms with E-state index in [2.05, 4.69) is 5.32 Å². The highest BCUT2D eigenvalue weighted by Crippen LogP contribution is 2.20. The molecule has 0 radical (unpaired) electrons. The molecule has 6 heteroatoms. The number of hydrogen-bond acceptors (Lipinski definition) is 3. The van der Waals surface area contributed by atoms with Crippen LogP contribution in [0.3, 0.4) is 0 Å². The molecule has 0 heterocycles. The van der Waals surface area contributed by atoms with Crippen LogP contribution in [0.5, 0.6) is 0 Å². The monoisotopic (exact) mass is 436 g/mol. The summed E-state index contributed by atoms with van der Waals surface area (Å²) < 4.78 is 27.9. The maximum atomic E-state index is 13.3. The van der Waals surface area contributed by atoms with Crippen molar-refractivity contribution in [1.82, 2.24) is 4.31 Å². The Bertz CT molecular complexity index is 1140. The van der Waals surface area contributed by atoms with Gasteiger partial charge in [-0.3, -0.25) is 4.79 Å². The maximum absolute atomic E-state index is 13.3. The van der Waals surface area contributed by atoms with E-state index in [0.29, 0.717) is 12.1 Å². The highest BCUT2D eigenvalue weighted by Gasteiger charge is 2.26. The summed E-state index contributed by atoms with van der Waals surface area (Å²) in [5.74, 6) is -0.363. The van der Waals surface area contributed by atoms with E-state index in [1.54, 1.807) is 24.3 Å². The standard InChI is InChI=1S/C25H28N2O3S/c1-19-12-14-23(15-13-19)31(29,30)27(17-16-22-9-5-4-6-10-22)18-25(28)26-24-11-7-8-20(2)21(24)3/h4-15H,16-18H2,1-3H3,(H,26,28).